The number of hydrogen-bond acceptors (Lipinski definition) is 2. The van der Waals surface area contributed by atoms with Crippen LogP contribution in [-0.2, 0) is 4.74 Å². The van der Waals surface area contributed by atoms with Crippen LogP contribution in [0, 0.1) is 0 Å². The van der Waals surface area contributed by atoms with E-state index in [9.17, 15) is 13.2 Å². The molecule has 1 aliphatic rings. The largest absolute Gasteiger partial charge is 0.498 e. The van der Waals surface area contributed by atoms with Crippen LogP contribution < -0.4 is 5.32 Å². The molecular formula is C8H10F3NO. The number of rotatable bonds is 1. The average molecular weight is 193 g/mol. The van der Waals surface area contributed by atoms with Crippen molar-refractivity contribution in [3.8, 4) is 0 Å². The highest BCUT2D eigenvalue weighted by Crippen LogP contribution is 2.40. The van der Waals surface area contributed by atoms with E-state index in [0.29, 0.717) is 0 Å². The molecule has 0 unspecified atom stereocenters. The lowest BCUT2D eigenvalue weighted by atomic mass is 10.0. The van der Waals surface area contributed by atoms with Gasteiger partial charge in [0.15, 0.2) is 5.54 Å². The molecular weight excluding hydrogens is 183 g/mol. The molecule has 1 aliphatic heterocycles. The van der Waals surface area contributed by atoms with Crippen LogP contribution in [-0.4, -0.2) is 18.8 Å². The Bertz CT molecular complexity index is 269. The fourth-order valence-electron chi connectivity index (χ4n) is 1.19. The number of ether oxygens (including phenoxy) is 1. The molecule has 0 saturated heterocycles. The maximum absolute atomic E-state index is 12.5. The zero-order valence-corrected chi connectivity index (χ0v) is 7.33. The molecule has 0 saturated carbocycles. The Labute approximate surface area is 74.1 Å². The number of allylic oxidation sites excluding steroid dienone is 1. The van der Waals surface area contributed by atoms with E-state index >= 15 is 0 Å². The Morgan fingerprint density at radius 2 is 2.08 bits per heavy atom. The second kappa shape index (κ2) is 2.68. The van der Waals surface area contributed by atoms with E-state index in [-0.39, 0.29) is 11.5 Å². The molecule has 0 aromatic heterocycles. The standard InChI is InChI=1S/C8H10F3NO/c1-5-4-6(13-3)7(2,12-5)8(9,10)11/h4,12H,1H2,2-3H3/t7-/m1/s1. The Balaban J connectivity index is 3.06. The summed E-state index contributed by atoms with van der Waals surface area (Å²) in [7, 11) is 1.20. The van der Waals surface area contributed by atoms with E-state index < -0.39 is 11.7 Å². The summed E-state index contributed by atoms with van der Waals surface area (Å²) in [5.41, 5.74) is -1.93. The van der Waals surface area contributed by atoms with Crippen molar-refractivity contribution in [3.05, 3.63) is 24.1 Å². The molecule has 0 spiro atoms. The third-order valence-electron chi connectivity index (χ3n) is 2.00. The van der Waals surface area contributed by atoms with E-state index in [1.807, 2.05) is 0 Å². The highest BCUT2D eigenvalue weighted by atomic mass is 19.4. The second-order valence-electron chi connectivity index (χ2n) is 2.99. The summed E-state index contributed by atoms with van der Waals surface area (Å²) in [6, 6.07) is 0. The van der Waals surface area contributed by atoms with Crippen LogP contribution >= 0.6 is 0 Å². The summed E-state index contributed by atoms with van der Waals surface area (Å²) < 4.78 is 42.2. The maximum atomic E-state index is 12.5. The van der Waals surface area contributed by atoms with Gasteiger partial charge in [0, 0.05) is 11.8 Å². The Kier molecular flexibility index (Phi) is 2.05. The fraction of sp³-hybridized carbons (Fsp3) is 0.500. The van der Waals surface area contributed by atoms with Crippen molar-refractivity contribution < 1.29 is 17.9 Å². The number of halogens is 3. The van der Waals surface area contributed by atoms with Crippen molar-refractivity contribution in [2.75, 3.05) is 7.11 Å². The summed E-state index contributed by atoms with van der Waals surface area (Å²) in [5.74, 6) is -0.162. The van der Waals surface area contributed by atoms with Crippen LogP contribution in [0.1, 0.15) is 6.92 Å². The van der Waals surface area contributed by atoms with Gasteiger partial charge in [-0.15, -0.1) is 0 Å². The number of methoxy groups -OCH3 is 1. The predicted molar refractivity (Wildman–Crippen MR) is 41.8 cm³/mol. The lowest BCUT2D eigenvalue weighted by molar-refractivity contribution is -0.184. The van der Waals surface area contributed by atoms with Gasteiger partial charge < -0.3 is 10.1 Å². The summed E-state index contributed by atoms with van der Waals surface area (Å²) in [5, 5.41) is 2.23. The van der Waals surface area contributed by atoms with Gasteiger partial charge in [-0.1, -0.05) is 6.58 Å². The molecule has 5 heteroatoms. The lowest BCUT2D eigenvalue weighted by Crippen LogP contribution is -2.52. The molecule has 1 atom stereocenters. The first-order chi connectivity index (χ1) is 5.81. The minimum atomic E-state index is -4.39. The first kappa shape index (κ1) is 9.95. The first-order valence-electron chi connectivity index (χ1n) is 3.61. The summed E-state index contributed by atoms with van der Waals surface area (Å²) in [4.78, 5) is 0. The lowest BCUT2D eigenvalue weighted by Gasteiger charge is -2.30. The third kappa shape index (κ3) is 1.38. The first-order valence-corrected chi connectivity index (χ1v) is 3.61. The van der Waals surface area contributed by atoms with E-state index in [2.05, 4.69) is 16.6 Å². The van der Waals surface area contributed by atoms with Crippen molar-refractivity contribution in [2.45, 2.75) is 18.6 Å². The molecule has 0 bridgehead atoms. The molecule has 0 aromatic rings. The average Bonchev–Trinajstić information content (AvgIpc) is 2.25. The monoisotopic (exact) mass is 193 g/mol. The van der Waals surface area contributed by atoms with Crippen molar-refractivity contribution in [2.24, 2.45) is 0 Å². The van der Waals surface area contributed by atoms with Crippen LogP contribution in [0.2, 0.25) is 0 Å². The van der Waals surface area contributed by atoms with Crippen molar-refractivity contribution >= 4 is 0 Å². The van der Waals surface area contributed by atoms with Gasteiger partial charge in [0.1, 0.15) is 5.76 Å². The third-order valence-corrected chi connectivity index (χ3v) is 2.00. The SMILES string of the molecule is C=C1C=C(OC)[C@](C)(C(F)(F)F)N1. The van der Waals surface area contributed by atoms with Crippen LogP contribution in [0.25, 0.3) is 0 Å². The molecule has 1 rings (SSSR count). The molecule has 2 nitrogen and oxygen atoms in total. The normalized spacial score (nSPS) is 28.4. The van der Waals surface area contributed by atoms with Gasteiger partial charge in [-0.3, -0.25) is 0 Å². The van der Waals surface area contributed by atoms with Gasteiger partial charge in [-0.25, -0.2) is 0 Å². The van der Waals surface area contributed by atoms with E-state index in [1.54, 1.807) is 0 Å². The number of alkyl halides is 3. The van der Waals surface area contributed by atoms with Crippen LogP contribution in [0.15, 0.2) is 24.1 Å². The molecule has 1 heterocycles. The molecule has 0 fully saturated rings. The fourth-order valence-corrected chi connectivity index (χ4v) is 1.19. The van der Waals surface area contributed by atoms with Gasteiger partial charge in [-0.2, -0.15) is 13.2 Å². The minimum Gasteiger partial charge on any atom is -0.498 e. The highest BCUT2D eigenvalue weighted by molar-refractivity contribution is 5.35. The van der Waals surface area contributed by atoms with Crippen molar-refractivity contribution in [1.82, 2.24) is 5.32 Å². The van der Waals surface area contributed by atoms with Gasteiger partial charge in [0.2, 0.25) is 0 Å². The van der Waals surface area contributed by atoms with Gasteiger partial charge in [0.25, 0.3) is 0 Å². The molecule has 74 valence electrons. The predicted octanol–water partition coefficient (Wildman–Crippen LogP) is 1.95. The maximum Gasteiger partial charge on any atom is 0.418 e. The molecule has 13 heavy (non-hydrogen) atoms. The summed E-state index contributed by atoms with van der Waals surface area (Å²) >= 11 is 0. The smallest absolute Gasteiger partial charge is 0.418 e. The highest BCUT2D eigenvalue weighted by Gasteiger charge is 2.57. The number of hydrogen-bond donors (Lipinski definition) is 1. The van der Waals surface area contributed by atoms with Crippen molar-refractivity contribution in [1.29, 1.82) is 0 Å². The zero-order valence-electron chi connectivity index (χ0n) is 7.33. The van der Waals surface area contributed by atoms with Crippen molar-refractivity contribution in [3.63, 3.8) is 0 Å². The molecule has 0 amide bonds. The van der Waals surface area contributed by atoms with Crippen LogP contribution in [0.5, 0.6) is 0 Å². The summed E-state index contributed by atoms with van der Waals surface area (Å²) in [6.07, 6.45) is -3.15. The summed E-state index contributed by atoms with van der Waals surface area (Å²) in [6.45, 7) is 4.41. The number of nitrogens with one attached hydrogen (secondary N) is 1. The quantitative estimate of drug-likeness (QED) is 0.687. The van der Waals surface area contributed by atoms with Gasteiger partial charge >= 0.3 is 6.18 Å². The van der Waals surface area contributed by atoms with Crippen LogP contribution in [0.4, 0.5) is 13.2 Å². The zero-order chi connectivity index (χ0) is 10.3. The van der Waals surface area contributed by atoms with E-state index in [1.165, 1.54) is 13.2 Å². The van der Waals surface area contributed by atoms with E-state index in [0.717, 1.165) is 6.92 Å². The van der Waals surface area contributed by atoms with Crippen LogP contribution in [0.3, 0.4) is 0 Å². The second-order valence-corrected chi connectivity index (χ2v) is 2.99. The Morgan fingerprint density at radius 3 is 2.38 bits per heavy atom. The van der Waals surface area contributed by atoms with Gasteiger partial charge in [0.05, 0.1) is 7.11 Å². The molecule has 1 N–H and O–H groups in total. The molecule has 0 radical (unpaired) electrons. The molecule has 0 aliphatic carbocycles. The van der Waals surface area contributed by atoms with Gasteiger partial charge in [-0.05, 0) is 6.92 Å². The molecule has 0 aromatic carbocycles. The topological polar surface area (TPSA) is 21.3 Å². The minimum absolute atomic E-state index is 0.162. The Morgan fingerprint density at radius 1 is 1.54 bits per heavy atom. The Hall–Kier alpha value is -1.13. The van der Waals surface area contributed by atoms with E-state index in [4.69, 9.17) is 0 Å².